The second-order valence-electron chi connectivity index (χ2n) is 8.38. The lowest BCUT2D eigenvalue weighted by Crippen LogP contribution is -2.64. The fraction of sp³-hybridized carbons (Fsp3) is 0.280. The molecule has 0 bridgehead atoms. The molecule has 3 aromatic rings. The smallest absolute Gasteiger partial charge is 0.278 e. The van der Waals surface area contributed by atoms with E-state index in [2.05, 4.69) is 5.01 Å². The van der Waals surface area contributed by atoms with Gasteiger partial charge in [0.25, 0.3) is 5.91 Å². The lowest BCUT2D eigenvalue weighted by Gasteiger charge is -2.52. The number of amides is 1. The summed E-state index contributed by atoms with van der Waals surface area (Å²) in [5.41, 5.74) is 1.38. The third-order valence-corrected chi connectivity index (χ3v) is 6.15. The zero-order valence-electron chi connectivity index (χ0n) is 18.0. The van der Waals surface area contributed by atoms with Crippen LogP contribution in [0.3, 0.4) is 0 Å². The molecule has 0 saturated carbocycles. The molecule has 0 aliphatic carbocycles. The first kappa shape index (κ1) is 20.2. The van der Waals surface area contributed by atoms with Crippen LogP contribution in [-0.4, -0.2) is 39.4 Å². The summed E-state index contributed by atoms with van der Waals surface area (Å²) in [6, 6.07) is 18.7. The minimum atomic E-state index is -0.571. The van der Waals surface area contributed by atoms with Crippen molar-refractivity contribution in [2.75, 3.05) is 11.6 Å². The van der Waals surface area contributed by atoms with E-state index in [4.69, 9.17) is 4.74 Å². The molecule has 5 rings (SSSR count). The lowest BCUT2D eigenvalue weighted by atomic mass is 9.95. The summed E-state index contributed by atoms with van der Waals surface area (Å²) in [6.07, 6.45) is 1.81. The normalized spacial score (nSPS) is 20.0. The maximum Gasteiger partial charge on any atom is 0.278 e. The minimum Gasteiger partial charge on any atom is -0.502 e. The van der Waals surface area contributed by atoms with Gasteiger partial charge in [-0.25, -0.2) is 0 Å². The van der Waals surface area contributed by atoms with Gasteiger partial charge in [-0.2, -0.15) is 0 Å². The van der Waals surface area contributed by atoms with Gasteiger partial charge in [-0.3, -0.25) is 19.3 Å². The molecule has 164 valence electrons. The van der Waals surface area contributed by atoms with Crippen LogP contribution < -0.4 is 15.2 Å². The molecule has 7 heteroatoms. The first-order valence-electron chi connectivity index (χ1n) is 10.8. The summed E-state index contributed by atoms with van der Waals surface area (Å²) in [5.74, 6) is -0.114. The standard InChI is InChI=1S/C25H25N3O4/c1-16(2)27-21-13-15-32-20-11-7-6-10-18(20)22(17-8-4-3-5-9-17)28(21)26-14-12-19(29)24(30)23(26)25(27)31/h3-12,14,16,21-22,30H,13,15H2,1-2H3/t21?,22-/m1/s1. The molecule has 2 aliphatic rings. The van der Waals surface area contributed by atoms with E-state index in [0.717, 1.165) is 16.9 Å². The van der Waals surface area contributed by atoms with E-state index in [9.17, 15) is 14.7 Å². The van der Waals surface area contributed by atoms with Crippen molar-refractivity contribution < 1.29 is 14.6 Å². The highest BCUT2D eigenvalue weighted by Crippen LogP contribution is 2.40. The van der Waals surface area contributed by atoms with Gasteiger partial charge in [0.05, 0.1) is 6.61 Å². The van der Waals surface area contributed by atoms with Crippen LogP contribution in [0, 0.1) is 0 Å². The summed E-state index contributed by atoms with van der Waals surface area (Å²) in [6.45, 7) is 4.31. The first-order chi connectivity index (χ1) is 15.5. The van der Waals surface area contributed by atoms with Crippen LogP contribution in [0.4, 0.5) is 0 Å². The third-order valence-electron chi connectivity index (χ3n) is 6.15. The molecule has 1 aromatic heterocycles. The van der Waals surface area contributed by atoms with E-state index in [1.54, 1.807) is 15.8 Å². The van der Waals surface area contributed by atoms with E-state index in [1.807, 2.05) is 68.4 Å². The second-order valence-corrected chi connectivity index (χ2v) is 8.38. The van der Waals surface area contributed by atoms with Crippen LogP contribution in [0.25, 0.3) is 0 Å². The maximum atomic E-state index is 13.5. The molecule has 0 fully saturated rings. The molecule has 1 unspecified atom stereocenters. The Balaban J connectivity index is 1.84. The molecule has 2 atom stereocenters. The number of aromatic nitrogens is 1. The number of fused-ring (bicyclic) bond motifs is 4. The Kier molecular flexibility index (Phi) is 4.89. The molecule has 0 radical (unpaired) electrons. The Bertz CT molecular complexity index is 1220. The first-order valence-corrected chi connectivity index (χ1v) is 10.8. The van der Waals surface area contributed by atoms with Crippen LogP contribution in [0.15, 0.2) is 71.7 Å². The van der Waals surface area contributed by atoms with E-state index < -0.39 is 11.2 Å². The van der Waals surface area contributed by atoms with E-state index in [0.29, 0.717) is 13.0 Å². The number of carbonyl (C=O) groups excluding carboxylic acids is 1. The summed E-state index contributed by atoms with van der Waals surface area (Å²) in [4.78, 5) is 27.5. The zero-order chi connectivity index (χ0) is 22.4. The monoisotopic (exact) mass is 431 g/mol. The fourth-order valence-corrected chi connectivity index (χ4v) is 4.81. The SMILES string of the molecule is CC(C)N1C(=O)c2c(O)c(=O)ccn2N2C1CCOc1ccccc1[C@H]2c1ccccc1. The van der Waals surface area contributed by atoms with Gasteiger partial charge in [0.15, 0.2) is 11.4 Å². The zero-order valence-corrected chi connectivity index (χ0v) is 18.0. The quantitative estimate of drug-likeness (QED) is 0.674. The van der Waals surface area contributed by atoms with Crippen molar-refractivity contribution in [3.05, 3.63) is 93.9 Å². The van der Waals surface area contributed by atoms with Crippen molar-refractivity contribution in [3.63, 3.8) is 0 Å². The van der Waals surface area contributed by atoms with Crippen LogP contribution in [0.5, 0.6) is 11.5 Å². The second kappa shape index (κ2) is 7.75. The molecular weight excluding hydrogens is 406 g/mol. The van der Waals surface area contributed by atoms with Crippen molar-refractivity contribution >= 4 is 5.91 Å². The average Bonchev–Trinajstić information content (AvgIpc) is 2.78. The number of aromatic hydroxyl groups is 1. The highest BCUT2D eigenvalue weighted by atomic mass is 16.5. The molecule has 1 amide bonds. The van der Waals surface area contributed by atoms with E-state index in [1.165, 1.54) is 6.07 Å². The van der Waals surface area contributed by atoms with Gasteiger partial charge in [0.1, 0.15) is 18.0 Å². The van der Waals surface area contributed by atoms with Gasteiger partial charge >= 0.3 is 0 Å². The number of pyridine rings is 1. The molecule has 1 N–H and O–H groups in total. The van der Waals surface area contributed by atoms with Crippen molar-refractivity contribution in [1.29, 1.82) is 0 Å². The largest absolute Gasteiger partial charge is 0.502 e. The Morgan fingerprint density at radius 1 is 1.00 bits per heavy atom. The number of para-hydroxylation sites is 1. The van der Waals surface area contributed by atoms with E-state index in [-0.39, 0.29) is 29.9 Å². The number of rotatable bonds is 2. The van der Waals surface area contributed by atoms with Crippen LogP contribution in [0.2, 0.25) is 0 Å². The topological polar surface area (TPSA) is 75.0 Å². The number of ether oxygens (including phenoxy) is 1. The lowest BCUT2D eigenvalue weighted by molar-refractivity contribution is 0.0408. The van der Waals surface area contributed by atoms with Crippen LogP contribution >= 0.6 is 0 Å². The number of nitrogens with zero attached hydrogens (tertiary/aromatic N) is 3. The number of benzene rings is 2. The summed E-state index contributed by atoms with van der Waals surface area (Å²) >= 11 is 0. The van der Waals surface area contributed by atoms with Gasteiger partial charge in [-0.1, -0.05) is 48.5 Å². The van der Waals surface area contributed by atoms with Gasteiger partial charge in [-0.15, -0.1) is 0 Å². The minimum absolute atomic E-state index is 0.0117. The summed E-state index contributed by atoms with van der Waals surface area (Å²) < 4.78 is 7.81. The van der Waals surface area contributed by atoms with E-state index >= 15 is 0 Å². The van der Waals surface area contributed by atoms with Crippen LogP contribution in [-0.2, 0) is 0 Å². The predicted octanol–water partition coefficient (Wildman–Crippen LogP) is 3.25. The summed E-state index contributed by atoms with van der Waals surface area (Å²) in [5, 5.41) is 12.7. The molecule has 2 aliphatic heterocycles. The van der Waals surface area contributed by atoms with Crippen molar-refractivity contribution in [3.8, 4) is 11.5 Å². The van der Waals surface area contributed by atoms with Gasteiger partial charge in [-0.05, 0) is 25.5 Å². The number of carbonyl (C=O) groups is 1. The number of hydrogen-bond acceptors (Lipinski definition) is 5. The molecule has 0 saturated heterocycles. The molecule has 7 nitrogen and oxygen atoms in total. The van der Waals surface area contributed by atoms with Gasteiger partial charge in [0.2, 0.25) is 5.43 Å². The average molecular weight is 431 g/mol. The number of hydrogen-bond donors (Lipinski definition) is 1. The molecular formula is C25H25N3O4. The Labute approximate surface area is 186 Å². The van der Waals surface area contributed by atoms with Crippen molar-refractivity contribution in [1.82, 2.24) is 9.58 Å². The van der Waals surface area contributed by atoms with Gasteiger partial charge in [0, 0.05) is 30.3 Å². The molecule has 0 spiro atoms. The molecule has 32 heavy (non-hydrogen) atoms. The highest BCUT2D eigenvalue weighted by Gasteiger charge is 2.45. The predicted molar refractivity (Wildman–Crippen MR) is 121 cm³/mol. The fourth-order valence-electron chi connectivity index (χ4n) is 4.81. The van der Waals surface area contributed by atoms with Crippen molar-refractivity contribution in [2.24, 2.45) is 0 Å². The molecule has 3 heterocycles. The Morgan fingerprint density at radius 3 is 2.47 bits per heavy atom. The molecule has 2 aromatic carbocycles. The summed E-state index contributed by atoms with van der Waals surface area (Å²) in [7, 11) is 0. The Hall–Kier alpha value is -3.74. The highest BCUT2D eigenvalue weighted by molar-refractivity contribution is 5.96. The Morgan fingerprint density at radius 2 is 1.72 bits per heavy atom. The van der Waals surface area contributed by atoms with Crippen LogP contribution in [0.1, 0.15) is 47.9 Å². The third kappa shape index (κ3) is 3.04. The van der Waals surface area contributed by atoms with Crippen molar-refractivity contribution in [2.45, 2.75) is 38.5 Å². The maximum absolute atomic E-state index is 13.5. The van der Waals surface area contributed by atoms with Gasteiger partial charge < -0.3 is 14.7 Å².